The molecule has 0 radical (unpaired) electrons. The van der Waals surface area contributed by atoms with Gasteiger partial charge in [0.2, 0.25) is 6.79 Å². The molecule has 3 aliphatic heterocycles. The average molecular weight is 431 g/mol. The molecule has 4 atom stereocenters. The molecule has 0 saturated carbocycles. The minimum absolute atomic E-state index is 0.168. The maximum atomic E-state index is 12.6. The van der Waals surface area contributed by atoms with Gasteiger partial charge in [-0.05, 0) is 55.1 Å². The van der Waals surface area contributed by atoms with E-state index >= 15 is 0 Å². The molecule has 1 aliphatic carbocycles. The van der Waals surface area contributed by atoms with E-state index < -0.39 is 30.6 Å². The zero-order chi connectivity index (χ0) is 21.8. The molecular formula is C22H25NO8. The molecule has 1 fully saturated rings. The van der Waals surface area contributed by atoms with Gasteiger partial charge in [-0.1, -0.05) is 0 Å². The number of methoxy groups -OCH3 is 1. The summed E-state index contributed by atoms with van der Waals surface area (Å²) in [6, 6.07) is 3.96. The van der Waals surface area contributed by atoms with Crippen molar-refractivity contribution >= 4 is 11.9 Å². The summed E-state index contributed by atoms with van der Waals surface area (Å²) in [6.07, 6.45) is 1.52. The van der Waals surface area contributed by atoms with Gasteiger partial charge in [0.05, 0.1) is 25.0 Å². The summed E-state index contributed by atoms with van der Waals surface area (Å²) in [6.45, 7) is 1.94. The van der Waals surface area contributed by atoms with Gasteiger partial charge in [-0.25, -0.2) is 4.79 Å². The van der Waals surface area contributed by atoms with Crippen LogP contribution in [0.15, 0.2) is 24.0 Å². The highest BCUT2D eigenvalue weighted by molar-refractivity contribution is 5.81. The SMILES string of the molecule is COC1=CC23CCCN2CCc2cc4c(cc2[C@@H]3C1OC(=O)C(O)CC(=O)O)OCO4. The maximum Gasteiger partial charge on any atom is 0.336 e. The molecule has 5 rings (SSSR count). The number of carboxylic acids is 1. The number of hydrogen-bond acceptors (Lipinski definition) is 8. The number of ether oxygens (including phenoxy) is 4. The first kappa shape index (κ1) is 20.1. The molecule has 2 N–H and O–H groups in total. The smallest absolute Gasteiger partial charge is 0.336 e. The fourth-order valence-corrected chi connectivity index (χ4v) is 5.55. The molecule has 3 heterocycles. The van der Waals surface area contributed by atoms with Gasteiger partial charge in [0.15, 0.2) is 23.7 Å². The molecule has 0 amide bonds. The lowest BCUT2D eigenvalue weighted by molar-refractivity contribution is -0.164. The van der Waals surface area contributed by atoms with E-state index in [2.05, 4.69) is 4.90 Å². The summed E-state index contributed by atoms with van der Waals surface area (Å²) in [5, 5.41) is 18.9. The van der Waals surface area contributed by atoms with Crippen LogP contribution in [0, 0.1) is 0 Å². The van der Waals surface area contributed by atoms with Gasteiger partial charge >= 0.3 is 11.9 Å². The third kappa shape index (κ3) is 3.14. The average Bonchev–Trinajstić information content (AvgIpc) is 3.41. The third-order valence-electron chi connectivity index (χ3n) is 6.85. The van der Waals surface area contributed by atoms with Crippen molar-refractivity contribution in [1.29, 1.82) is 0 Å². The lowest BCUT2D eigenvalue weighted by Crippen LogP contribution is -2.47. The van der Waals surface area contributed by atoms with Gasteiger partial charge < -0.3 is 29.2 Å². The number of esters is 1. The second-order valence-electron chi connectivity index (χ2n) is 8.44. The molecule has 0 aromatic heterocycles. The highest BCUT2D eigenvalue weighted by Crippen LogP contribution is 2.55. The van der Waals surface area contributed by atoms with Crippen molar-refractivity contribution in [2.24, 2.45) is 0 Å². The van der Waals surface area contributed by atoms with E-state index in [1.54, 1.807) is 0 Å². The Labute approximate surface area is 179 Å². The van der Waals surface area contributed by atoms with Crippen LogP contribution in [0.2, 0.25) is 0 Å². The quantitative estimate of drug-likeness (QED) is 0.663. The fraction of sp³-hybridized carbons (Fsp3) is 0.545. The first-order valence-electron chi connectivity index (χ1n) is 10.5. The molecule has 4 aliphatic rings. The number of carboxylic acid groups (broad SMARTS) is 1. The molecule has 31 heavy (non-hydrogen) atoms. The highest BCUT2D eigenvalue weighted by atomic mass is 16.7. The van der Waals surface area contributed by atoms with Gasteiger partial charge in [0.25, 0.3) is 0 Å². The Kier molecular flexibility index (Phi) is 4.82. The molecule has 1 spiro atoms. The number of carbonyl (C=O) groups excluding carboxylic acids is 1. The molecule has 9 nitrogen and oxygen atoms in total. The fourth-order valence-electron chi connectivity index (χ4n) is 5.55. The second kappa shape index (κ2) is 7.42. The highest BCUT2D eigenvalue weighted by Gasteiger charge is 2.58. The topological polar surface area (TPSA) is 115 Å². The number of benzene rings is 1. The van der Waals surface area contributed by atoms with Gasteiger partial charge in [0, 0.05) is 6.54 Å². The van der Waals surface area contributed by atoms with Crippen molar-refractivity contribution in [2.75, 3.05) is 27.0 Å². The maximum absolute atomic E-state index is 12.6. The summed E-state index contributed by atoms with van der Waals surface area (Å²) < 4.78 is 22.6. The predicted molar refractivity (Wildman–Crippen MR) is 106 cm³/mol. The van der Waals surface area contributed by atoms with Gasteiger partial charge in [-0.15, -0.1) is 0 Å². The van der Waals surface area contributed by atoms with Crippen molar-refractivity contribution in [2.45, 2.75) is 49.3 Å². The van der Waals surface area contributed by atoms with Gasteiger partial charge in [0.1, 0.15) is 5.76 Å². The first-order chi connectivity index (χ1) is 14.9. The van der Waals surface area contributed by atoms with Crippen LogP contribution in [0.4, 0.5) is 0 Å². The van der Waals surface area contributed by atoms with Crippen LogP contribution in [-0.4, -0.2) is 71.8 Å². The summed E-state index contributed by atoms with van der Waals surface area (Å²) in [5.41, 5.74) is 1.72. The lowest BCUT2D eigenvalue weighted by Gasteiger charge is -2.39. The number of aliphatic carboxylic acids is 1. The number of carbonyl (C=O) groups is 2. The molecule has 1 aromatic rings. The number of nitrogens with zero attached hydrogens (tertiary/aromatic N) is 1. The Morgan fingerprint density at radius 1 is 1.29 bits per heavy atom. The minimum atomic E-state index is -1.74. The molecule has 1 saturated heterocycles. The van der Waals surface area contributed by atoms with Crippen LogP contribution in [0.3, 0.4) is 0 Å². The van der Waals surface area contributed by atoms with E-state index in [0.29, 0.717) is 17.3 Å². The van der Waals surface area contributed by atoms with Crippen molar-refractivity contribution in [3.05, 3.63) is 35.1 Å². The van der Waals surface area contributed by atoms with Gasteiger partial charge in [-0.3, -0.25) is 9.69 Å². The number of hydrogen-bond donors (Lipinski definition) is 2. The Bertz CT molecular complexity index is 959. The van der Waals surface area contributed by atoms with Crippen LogP contribution >= 0.6 is 0 Å². The van der Waals surface area contributed by atoms with Gasteiger partial charge in [-0.2, -0.15) is 0 Å². The van der Waals surface area contributed by atoms with E-state index in [1.165, 1.54) is 7.11 Å². The van der Waals surface area contributed by atoms with E-state index in [9.17, 15) is 14.7 Å². The van der Waals surface area contributed by atoms with Crippen LogP contribution < -0.4 is 9.47 Å². The Hall–Kier alpha value is -2.78. The van der Waals surface area contributed by atoms with Crippen LogP contribution in [0.1, 0.15) is 36.3 Å². The van der Waals surface area contributed by atoms with Crippen molar-refractivity contribution in [1.82, 2.24) is 4.90 Å². The predicted octanol–water partition coefficient (Wildman–Crippen LogP) is 1.18. The molecular weight excluding hydrogens is 406 g/mol. The van der Waals surface area contributed by atoms with E-state index in [4.69, 9.17) is 24.1 Å². The summed E-state index contributed by atoms with van der Waals surface area (Å²) in [5.74, 6) is -0.635. The third-order valence-corrected chi connectivity index (χ3v) is 6.85. The summed E-state index contributed by atoms with van der Waals surface area (Å²) in [4.78, 5) is 25.9. The zero-order valence-electron chi connectivity index (χ0n) is 17.2. The van der Waals surface area contributed by atoms with Crippen molar-refractivity contribution in [3.63, 3.8) is 0 Å². The minimum Gasteiger partial charge on any atom is -0.497 e. The molecule has 1 aromatic carbocycles. The summed E-state index contributed by atoms with van der Waals surface area (Å²) >= 11 is 0. The van der Waals surface area contributed by atoms with Crippen molar-refractivity contribution in [3.8, 4) is 11.5 Å². The number of rotatable bonds is 5. The van der Waals surface area contributed by atoms with E-state index in [0.717, 1.165) is 43.5 Å². The van der Waals surface area contributed by atoms with Crippen LogP contribution in [0.25, 0.3) is 0 Å². The van der Waals surface area contributed by atoms with Crippen LogP contribution in [-0.2, 0) is 25.5 Å². The van der Waals surface area contributed by atoms with E-state index in [-0.39, 0.29) is 18.2 Å². The number of fused-ring (bicyclic) bond motifs is 3. The number of aliphatic hydroxyl groups is 1. The van der Waals surface area contributed by atoms with Crippen molar-refractivity contribution < 1.29 is 38.7 Å². The summed E-state index contributed by atoms with van der Waals surface area (Å²) in [7, 11) is 1.53. The second-order valence-corrected chi connectivity index (χ2v) is 8.44. The normalized spacial score (nSPS) is 29.3. The first-order valence-corrected chi connectivity index (χ1v) is 10.5. The largest absolute Gasteiger partial charge is 0.497 e. The monoisotopic (exact) mass is 431 g/mol. The Morgan fingerprint density at radius 3 is 2.81 bits per heavy atom. The standard InChI is InChI=1S/C22H25NO8/c1-28-17-10-22-4-2-5-23(22)6-3-12-7-15-16(30-11-29-15)8-13(12)19(22)20(17)31-21(27)14(24)9-18(25)26/h7-8,10,14,19-20,24H,2-6,9,11H2,1H3,(H,25,26)/t14?,19-,20?,22?/m1/s1. The molecule has 166 valence electrons. The molecule has 9 heteroatoms. The molecule has 0 bridgehead atoms. The Morgan fingerprint density at radius 2 is 2.06 bits per heavy atom. The Balaban J connectivity index is 1.57. The molecule has 3 unspecified atom stereocenters. The lowest BCUT2D eigenvalue weighted by atomic mass is 9.77. The van der Waals surface area contributed by atoms with E-state index in [1.807, 2.05) is 18.2 Å². The zero-order valence-corrected chi connectivity index (χ0v) is 17.2. The number of aliphatic hydroxyl groups excluding tert-OH is 1. The van der Waals surface area contributed by atoms with Crippen LogP contribution in [0.5, 0.6) is 11.5 Å².